The molecule has 0 fully saturated rings. The number of unbranched alkanes of at least 4 members (excludes halogenated alkanes) is 6. The maximum absolute atomic E-state index is 5.55. The zero-order valence-electron chi connectivity index (χ0n) is 12.0. The third kappa shape index (κ3) is 11.9. The summed E-state index contributed by atoms with van der Waals surface area (Å²) in [6.45, 7) is 10.7. The van der Waals surface area contributed by atoms with Crippen LogP contribution in [0.5, 0.6) is 0 Å². The van der Waals surface area contributed by atoms with E-state index in [9.17, 15) is 0 Å². The first kappa shape index (κ1) is 17.4. The van der Waals surface area contributed by atoms with E-state index in [0.717, 1.165) is 6.42 Å². The SMILES string of the molecule is C=CCOC(CCCCCCCCC)OCC=C. The largest absolute Gasteiger partial charge is 0.349 e. The molecule has 0 N–H and O–H groups in total. The molecular weight excluding hydrogens is 224 g/mol. The average molecular weight is 254 g/mol. The van der Waals surface area contributed by atoms with E-state index in [2.05, 4.69) is 20.1 Å². The fourth-order valence-corrected chi connectivity index (χ4v) is 1.83. The van der Waals surface area contributed by atoms with Crippen molar-refractivity contribution in [3.63, 3.8) is 0 Å². The van der Waals surface area contributed by atoms with Gasteiger partial charge in [-0.1, -0.05) is 57.6 Å². The minimum atomic E-state index is -0.100. The molecule has 0 amide bonds. The molecule has 0 spiro atoms. The molecule has 106 valence electrons. The molecule has 0 rings (SSSR count). The van der Waals surface area contributed by atoms with Crippen LogP contribution in [0.1, 0.15) is 58.3 Å². The van der Waals surface area contributed by atoms with E-state index in [1.54, 1.807) is 12.2 Å². The van der Waals surface area contributed by atoms with Gasteiger partial charge in [-0.05, 0) is 12.8 Å². The highest BCUT2D eigenvalue weighted by molar-refractivity contribution is 4.67. The first-order chi connectivity index (χ1) is 8.85. The number of rotatable bonds is 14. The van der Waals surface area contributed by atoms with Crippen LogP contribution in [0.15, 0.2) is 25.3 Å². The molecule has 0 aromatic rings. The molecule has 0 radical (unpaired) electrons. The highest BCUT2D eigenvalue weighted by Gasteiger charge is 2.07. The Balaban J connectivity index is 3.48. The number of hydrogen-bond acceptors (Lipinski definition) is 2. The second kappa shape index (κ2) is 14.5. The Hall–Kier alpha value is -0.600. The average Bonchev–Trinajstić information content (AvgIpc) is 2.40. The predicted molar refractivity (Wildman–Crippen MR) is 78.7 cm³/mol. The molecule has 0 bridgehead atoms. The molecule has 0 atom stereocenters. The molecule has 0 unspecified atom stereocenters. The van der Waals surface area contributed by atoms with Crippen LogP contribution in [0, 0.1) is 0 Å². The molecule has 0 heterocycles. The van der Waals surface area contributed by atoms with Crippen molar-refractivity contribution < 1.29 is 9.47 Å². The van der Waals surface area contributed by atoms with E-state index in [-0.39, 0.29) is 6.29 Å². The molecule has 0 aliphatic heterocycles. The molecule has 0 aromatic carbocycles. The van der Waals surface area contributed by atoms with Crippen LogP contribution in [0.25, 0.3) is 0 Å². The molecule has 0 saturated carbocycles. The summed E-state index contributed by atoms with van der Waals surface area (Å²) in [6, 6.07) is 0. The van der Waals surface area contributed by atoms with E-state index < -0.39 is 0 Å². The minimum absolute atomic E-state index is 0.100. The summed E-state index contributed by atoms with van der Waals surface area (Å²) < 4.78 is 11.1. The third-order valence-corrected chi connectivity index (χ3v) is 2.84. The normalized spacial score (nSPS) is 10.8. The fraction of sp³-hybridized carbons (Fsp3) is 0.750. The van der Waals surface area contributed by atoms with Crippen LogP contribution >= 0.6 is 0 Å². The first-order valence-electron chi connectivity index (χ1n) is 7.30. The summed E-state index contributed by atoms with van der Waals surface area (Å²) in [5, 5.41) is 0. The maximum Gasteiger partial charge on any atom is 0.158 e. The quantitative estimate of drug-likeness (QED) is 0.250. The lowest BCUT2D eigenvalue weighted by Crippen LogP contribution is -2.17. The molecule has 18 heavy (non-hydrogen) atoms. The highest BCUT2D eigenvalue weighted by atomic mass is 16.7. The van der Waals surface area contributed by atoms with Crippen LogP contribution in [-0.2, 0) is 9.47 Å². The molecule has 0 aromatic heterocycles. The van der Waals surface area contributed by atoms with E-state index in [1.165, 1.54) is 44.9 Å². The zero-order chi connectivity index (χ0) is 13.5. The molecular formula is C16H30O2. The van der Waals surface area contributed by atoms with Gasteiger partial charge in [0, 0.05) is 0 Å². The van der Waals surface area contributed by atoms with Crippen molar-refractivity contribution in [3.8, 4) is 0 Å². The lowest BCUT2D eigenvalue weighted by molar-refractivity contribution is -0.131. The predicted octanol–water partition coefficient (Wildman–Crippen LogP) is 4.86. The van der Waals surface area contributed by atoms with Gasteiger partial charge in [-0.25, -0.2) is 0 Å². The standard InChI is InChI=1S/C16H30O2/c1-4-7-8-9-10-11-12-13-16(17-14-5-2)18-15-6-3/h5-6,16H,2-4,7-15H2,1H3. The van der Waals surface area contributed by atoms with Crippen LogP contribution in [0.4, 0.5) is 0 Å². The van der Waals surface area contributed by atoms with Gasteiger partial charge in [0.15, 0.2) is 6.29 Å². The topological polar surface area (TPSA) is 18.5 Å². The highest BCUT2D eigenvalue weighted by Crippen LogP contribution is 2.12. The monoisotopic (exact) mass is 254 g/mol. The van der Waals surface area contributed by atoms with Crippen molar-refractivity contribution in [3.05, 3.63) is 25.3 Å². The van der Waals surface area contributed by atoms with E-state index >= 15 is 0 Å². The molecule has 2 nitrogen and oxygen atoms in total. The van der Waals surface area contributed by atoms with Crippen molar-refractivity contribution in [2.45, 2.75) is 64.6 Å². The lowest BCUT2D eigenvalue weighted by atomic mass is 10.1. The zero-order valence-corrected chi connectivity index (χ0v) is 12.0. The van der Waals surface area contributed by atoms with E-state index in [0.29, 0.717) is 13.2 Å². The van der Waals surface area contributed by atoms with Gasteiger partial charge in [-0.3, -0.25) is 0 Å². The smallest absolute Gasteiger partial charge is 0.158 e. The summed E-state index contributed by atoms with van der Waals surface area (Å²) in [6.07, 6.45) is 13.6. The van der Waals surface area contributed by atoms with Gasteiger partial charge in [-0.15, -0.1) is 13.2 Å². The van der Waals surface area contributed by atoms with Crippen LogP contribution in [0.2, 0.25) is 0 Å². The van der Waals surface area contributed by atoms with Gasteiger partial charge in [0.05, 0.1) is 13.2 Å². The van der Waals surface area contributed by atoms with Crippen molar-refractivity contribution in [1.82, 2.24) is 0 Å². The van der Waals surface area contributed by atoms with Crippen LogP contribution < -0.4 is 0 Å². The first-order valence-corrected chi connectivity index (χ1v) is 7.30. The second-order valence-electron chi connectivity index (χ2n) is 4.58. The van der Waals surface area contributed by atoms with Crippen LogP contribution in [0.3, 0.4) is 0 Å². The Morgan fingerprint density at radius 2 is 1.33 bits per heavy atom. The van der Waals surface area contributed by atoms with Gasteiger partial charge in [0.25, 0.3) is 0 Å². The van der Waals surface area contributed by atoms with E-state index in [4.69, 9.17) is 9.47 Å². The summed E-state index contributed by atoms with van der Waals surface area (Å²) in [5.41, 5.74) is 0. The summed E-state index contributed by atoms with van der Waals surface area (Å²) in [7, 11) is 0. The third-order valence-electron chi connectivity index (χ3n) is 2.84. The summed E-state index contributed by atoms with van der Waals surface area (Å²) >= 11 is 0. The lowest BCUT2D eigenvalue weighted by Gasteiger charge is -2.16. The molecule has 0 aliphatic carbocycles. The van der Waals surface area contributed by atoms with Crippen molar-refractivity contribution in [1.29, 1.82) is 0 Å². The Morgan fingerprint density at radius 1 is 0.833 bits per heavy atom. The van der Waals surface area contributed by atoms with Crippen molar-refractivity contribution in [2.75, 3.05) is 13.2 Å². The van der Waals surface area contributed by atoms with Gasteiger partial charge in [0.2, 0.25) is 0 Å². The van der Waals surface area contributed by atoms with Gasteiger partial charge in [-0.2, -0.15) is 0 Å². The van der Waals surface area contributed by atoms with Crippen LogP contribution in [-0.4, -0.2) is 19.5 Å². The number of hydrogen-bond donors (Lipinski definition) is 0. The Labute approximate surface area is 113 Å². The molecule has 2 heteroatoms. The van der Waals surface area contributed by atoms with Crippen molar-refractivity contribution in [2.24, 2.45) is 0 Å². The van der Waals surface area contributed by atoms with Gasteiger partial charge < -0.3 is 9.47 Å². The molecule has 0 saturated heterocycles. The molecule has 0 aliphatic rings. The summed E-state index contributed by atoms with van der Waals surface area (Å²) in [5.74, 6) is 0. The minimum Gasteiger partial charge on any atom is -0.349 e. The Kier molecular flexibility index (Phi) is 14.0. The number of ether oxygens (including phenoxy) is 2. The Bertz CT molecular complexity index is 178. The summed E-state index contributed by atoms with van der Waals surface area (Å²) in [4.78, 5) is 0. The maximum atomic E-state index is 5.55. The Morgan fingerprint density at radius 3 is 1.83 bits per heavy atom. The fourth-order valence-electron chi connectivity index (χ4n) is 1.83. The van der Waals surface area contributed by atoms with Gasteiger partial charge in [0.1, 0.15) is 0 Å². The van der Waals surface area contributed by atoms with Gasteiger partial charge >= 0.3 is 0 Å². The second-order valence-corrected chi connectivity index (χ2v) is 4.58. The van der Waals surface area contributed by atoms with E-state index in [1.807, 2.05) is 0 Å². The van der Waals surface area contributed by atoms with Crippen molar-refractivity contribution >= 4 is 0 Å².